The van der Waals surface area contributed by atoms with E-state index in [4.69, 9.17) is 4.74 Å². The highest BCUT2D eigenvalue weighted by molar-refractivity contribution is 6.08. The molecule has 1 aromatic rings. The predicted octanol–water partition coefficient (Wildman–Crippen LogP) is 2.08. The maximum Gasteiger partial charge on any atom is 0.174 e. The van der Waals surface area contributed by atoms with E-state index in [-0.39, 0.29) is 18.0 Å². The number of hydrogen-bond acceptors (Lipinski definition) is 5. The first-order valence-corrected chi connectivity index (χ1v) is 8.41. The first-order chi connectivity index (χ1) is 11.5. The average Bonchev–Trinajstić information content (AvgIpc) is 2.95. The van der Waals surface area contributed by atoms with Crippen LogP contribution in [0.25, 0.3) is 0 Å². The van der Waals surface area contributed by atoms with Crippen LogP contribution in [-0.4, -0.2) is 40.0 Å². The van der Waals surface area contributed by atoms with Crippen molar-refractivity contribution in [1.29, 1.82) is 0 Å². The van der Waals surface area contributed by atoms with Crippen LogP contribution in [0.4, 0.5) is 0 Å². The number of hydrogen-bond donors (Lipinski definition) is 2. The largest absolute Gasteiger partial charge is 0.504 e. The van der Waals surface area contributed by atoms with Gasteiger partial charge in [0.2, 0.25) is 0 Å². The van der Waals surface area contributed by atoms with Crippen molar-refractivity contribution < 1.29 is 19.7 Å². The second-order valence-corrected chi connectivity index (χ2v) is 6.85. The molecule has 2 saturated carbocycles. The fourth-order valence-corrected chi connectivity index (χ4v) is 4.68. The minimum atomic E-state index is -1.18. The van der Waals surface area contributed by atoms with E-state index in [0.29, 0.717) is 30.8 Å². The van der Waals surface area contributed by atoms with Gasteiger partial charge in [0.25, 0.3) is 0 Å². The maximum atomic E-state index is 12.5. The number of phenolic OH excluding ortho intramolecular Hbond substituents is 1. The molecule has 0 saturated heterocycles. The Balaban J connectivity index is 1.94. The van der Waals surface area contributed by atoms with Crippen LogP contribution in [0.15, 0.2) is 29.8 Å². The van der Waals surface area contributed by atoms with E-state index in [0.717, 1.165) is 17.5 Å². The molecule has 2 fully saturated rings. The Morgan fingerprint density at radius 3 is 3.00 bits per heavy atom. The van der Waals surface area contributed by atoms with Crippen molar-refractivity contribution in [3.8, 4) is 11.5 Å². The van der Waals surface area contributed by atoms with Crippen LogP contribution in [0.3, 0.4) is 0 Å². The van der Waals surface area contributed by atoms with E-state index in [1.165, 1.54) is 0 Å². The number of aromatic hydroxyl groups is 1. The minimum absolute atomic E-state index is 0.0138. The van der Waals surface area contributed by atoms with Crippen LogP contribution in [0.5, 0.6) is 11.5 Å². The zero-order valence-electron chi connectivity index (χ0n) is 13.7. The van der Waals surface area contributed by atoms with Gasteiger partial charge in [0.05, 0.1) is 12.0 Å². The number of carbonyl (C=O) groups is 1. The molecule has 1 aromatic carbocycles. The smallest absolute Gasteiger partial charge is 0.174 e. The Labute approximate surface area is 140 Å². The van der Waals surface area contributed by atoms with Crippen molar-refractivity contribution in [2.75, 3.05) is 6.54 Å². The summed E-state index contributed by atoms with van der Waals surface area (Å²) >= 11 is 0. The number of ether oxygens (including phenoxy) is 1. The van der Waals surface area contributed by atoms with Gasteiger partial charge < -0.3 is 14.9 Å². The maximum absolute atomic E-state index is 12.5. The van der Waals surface area contributed by atoms with E-state index in [1.807, 2.05) is 13.0 Å². The van der Waals surface area contributed by atoms with Gasteiger partial charge in [-0.2, -0.15) is 0 Å². The number of carbonyl (C=O) groups excluding carboxylic acids is 1. The molecule has 5 heteroatoms. The molecule has 0 amide bonds. The van der Waals surface area contributed by atoms with Crippen LogP contribution >= 0.6 is 0 Å². The summed E-state index contributed by atoms with van der Waals surface area (Å²) in [5, 5.41) is 21.7. The number of aryl methyl sites for hydroxylation is 1. The number of nitrogens with zero attached hydrogens (tertiary/aromatic N) is 1. The van der Waals surface area contributed by atoms with E-state index in [1.54, 1.807) is 12.1 Å². The molecular weight excluding hydrogens is 306 g/mol. The van der Waals surface area contributed by atoms with Crippen molar-refractivity contribution in [3.63, 3.8) is 0 Å². The molecule has 3 atom stereocenters. The zero-order chi connectivity index (χ0) is 17.1. The lowest BCUT2D eigenvalue weighted by molar-refractivity contribution is -0.145. The van der Waals surface area contributed by atoms with Gasteiger partial charge in [-0.3, -0.25) is 9.79 Å². The molecule has 3 aliphatic rings. The summed E-state index contributed by atoms with van der Waals surface area (Å²) in [5.41, 5.74) is 0.505. The summed E-state index contributed by atoms with van der Waals surface area (Å²) in [7, 11) is 0. The Bertz CT molecular complexity index is 784. The van der Waals surface area contributed by atoms with Crippen LogP contribution in [0.1, 0.15) is 37.3 Å². The third kappa shape index (κ3) is 1.58. The third-order valence-electron chi connectivity index (χ3n) is 5.83. The molecule has 1 heterocycles. The summed E-state index contributed by atoms with van der Waals surface area (Å²) in [6, 6.07) is 3.45. The number of phenols is 1. The molecule has 24 heavy (non-hydrogen) atoms. The molecule has 4 rings (SSSR count). The first kappa shape index (κ1) is 15.4. The van der Waals surface area contributed by atoms with Crippen LogP contribution in [0.2, 0.25) is 0 Å². The number of benzene rings is 1. The van der Waals surface area contributed by atoms with Gasteiger partial charge in [-0.15, -0.1) is 6.58 Å². The van der Waals surface area contributed by atoms with E-state index in [2.05, 4.69) is 11.6 Å². The number of rotatable bonds is 3. The van der Waals surface area contributed by atoms with Crippen LogP contribution in [0, 0.1) is 0 Å². The van der Waals surface area contributed by atoms with E-state index >= 15 is 0 Å². The van der Waals surface area contributed by atoms with Gasteiger partial charge in [0.15, 0.2) is 23.4 Å². The SMILES string of the molecule is C=CCN=C1C[C@]23c4c(CC)ccc(O)c4O[C@H]2C(=O)CC[C@@]13O. The van der Waals surface area contributed by atoms with E-state index < -0.39 is 17.1 Å². The average molecular weight is 327 g/mol. The summed E-state index contributed by atoms with van der Waals surface area (Å²) in [4.78, 5) is 17.0. The van der Waals surface area contributed by atoms with Crippen molar-refractivity contribution >= 4 is 11.5 Å². The highest BCUT2D eigenvalue weighted by Crippen LogP contribution is 2.65. The quantitative estimate of drug-likeness (QED) is 0.833. The molecule has 126 valence electrons. The number of ketones is 1. The molecular formula is C19H21NO4. The van der Waals surface area contributed by atoms with Crippen molar-refractivity contribution in [2.24, 2.45) is 4.99 Å². The molecule has 0 bridgehead atoms. The van der Waals surface area contributed by atoms with Gasteiger partial charge in [0, 0.05) is 24.1 Å². The highest BCUT2D eigenvalue weighted by atomic mass is 16.5. The molecule has 0 radical (unpaired) electrons. The number of fused-ring (bicyclic) bond motifs is 1. The van der Waals surface area contributed by atoms with Crippen molar-refractivity contribution in [3.05, 3.63) is 35.9 Å². The Morgan fingerprint density at radius 2 is 2.29 bits per heavy atom. The summed E-state index contributed by atoms with van der Waals surface area (Å²) < 4.78 is 5.90. The molecule has 0 unspecified atom stereocenters. The molecule has 1 aliphatic heterocycles. The fraction of sp³-hybridized carbons (Fsp3) is 0.474. The van der Waals surface area contributed by atoms with Crippen molar-refractivity contribution in [2.45, 2.75) is 49.7 Å². The Morgan fingerprint density at radius 1 is 1.50 bits per heavy atom. The summed E-state index contributed by atoms with van der Waals surface area (Å²) in [6.45, 7) is 6.13. The molecule has 0 aromatic heterocycles. The topological polar surface area (TPSA) is 79.1 Å². The molecule has 5 nitrogen and oxygen atoms in total. The Kier molecular flexibility index (Phi) is 3.16. The summed E-state index contributed by atoms with van der Waals surface area (Å²) in [6.07, 6.45) is 2.77. The van der Waals surface area contributed by atoms with Gasteiger partial charge in [-0.25, -0.2) is 0 Å². The monoisotopic (exact) mass is 327 g/mol. The van der Waals surface area contributed by atoms with Gasteiger partial charge in [-0.1, -0.05) is 19.1 Å². The molecule has 1 spiro atoms. The molecule has 2 aliphatic carbocycles. The third-order valence-corrected chi connectivity index (χ3v) is 5.83. The first-order valence-electron chi connectivity index (χ1n) is 8.41. The lowest BCUT2D eigenvalue weighted by atomic mass is 9.45. The second-order valence-electron chi connectivity index (χ2n) is 6.85. The number of aliphatic hydroxyl groups is 1. The predicted molar refractivity (Wildman–Crippen MR) is 89.9 cm³/mol. The minimum Gasteiger partial charge on any atom is -0.504 e. The highest BCUT2D eigenvalue weighted by Gasteiger charge is 2.75. The molecule has 2 N–H and O–H groups in total. The van der Waals surface area contributed by atoms with Crippen molar-refractivity contribution in [1.82, 2.24) is 0 Å². The van der Waals surface area contributed by atoms with Gasteiger partial charge >= 0.3 is 0 Å². The zero-order valence-corrected chi connectivity index (χ0v) is 13.7. The van der Waals surface area contributed by atoms with Gasteiger partial charge in [-0.05, 0) is 24.5 Å². The normalized spacial score (nSPS) is 34.8. The Hall–Kier alpha value is -2.14. The standard InChI is InChI=1S/C19H21NO4/c1-3-9-20-14-10-18-15-11(4-2)5-6-12(21)16(15)24-17(18)13(22)7-8-19(14,18)23/h3,5-6,17,21,23H,1,4,7-10H2,2H3/t17-,18-,19+/m0/s1. The number of Topliss-reactive ketones (excluding diaryl/α,β-unsaturated/α-hetero) is 1. The van der Waals surface area contributed by atoms with Crippen LogP contribution in [-0.2, 0) is 16.6 Å². The number of aliphatic imine (C=N–C) groups is 1. The second kappa shape index (κ2) is 4.93. The fourth-order valence-electron chi connectivity index (χ4n) is 4.68. The van der Waals surface area contributed by atoms with Gasteiger partial charge in [0.1, 0.15) is 5.60 Å². The lowest BCUT2D eigenvalue weighted by Crippen LogP contribution is -2.75. The van der Waals surface area contributed by atoms with E-state index in [9.17, 15) is 15.0 Å². The summed E-state index contributed by atoms with van der Waals surface area (Å²) in [5.74, 6) is 0.369. The van der Waals surface area contributed by atoms with Crippen LogP contribution < -0.4 is 4.74 Å². The lowest BCUT2D eigenvalue weighted by Gasteiger charge is -2.59.